The van der Waals surface area contributed by atoms with E-state index in [2.05, 4.69) is 5.32 Å². The van der Waals surface area contributed by atoms with E-state index in [1.165, 1.54) is 6.07 Å². The molecule has 0 aliphatic rings. The molecule has 1 aromatic rings. The van der Waals surface area contributed by atoms with Gasteiger partial charge in [-0.3, -0.25) is 0 Å². The summed E-state index contributed by atoms with van der Waals surface area (Å²) in [7, 11) is 0. The van der Waals surface area contributed by atoms with Gasteiger partial charge in [0, 0.05) is 12.2 Å². The number of ether oxygens (including phenoxy) is 1. The highest BCUT2D eigenvalue weighted by molar-refractivity contribution is 5.91. The van der Waals surface area contributed by atoms with Crippen molar-refractivity contribution in [1.82, 2.24) is 0 Å². The summed E-state index contributed by atoms with van der Waals surface area (Å²) in [4.78, 5) is 10.9. The number of hydrogen-bond acceptors (Lipinski definition) is 3. The lowest BCUT2D eigenvalue weighted by Gasteiger charge is -2.13. The first kappa shape index (κ1) is 16.3. The minimum atomic E-state index is -4.69. The van der Waals surface area contributed by atoms with Crippen LogP contribution in [0.25, 0.3) is 0 Å². The first-order valence-electron chi connectivity index (χ1n) is 6.02. The van der Waals surface area contributed by atoms with Crippen molar-refractivity contribution in [3.63, 3.8) is 0 Å². The summed E-state index contributed by atoms with van der Waals surface area (Å²) in [6.45, 7) is 4.48. The van der Waals surface area contributed by atoms with Crippen LogP contribution < -0.4 is 5.32 Å². The minimum Gasteiger partial charge on any atom is -0.478 e. The summed E-state index contributed by atoms with van der Waals surface area (Å²) < 4.78 is 43.2. The van der Waals surface area contributed by atoms with Crippen LogP contribution >= 0.6 is 0 Å². The molecule has 112 valence electrons. The van der Waals surface area contributed by atoms with E-state index < -0.39 is 23.3 Å². The Morgan fingerprint density at radius 3 is 2.55 bits per heavy atom. The van der Waals surface area contributed by atoms with E-state index in [1.54, 1.807) is 0 Å². The molecule has 0 spiro atoms. The van der Waals surface area contributed by atoms with Crippen LogP contribution in [0.5, 0.6) is 0 Å². The first-order valence-corrected chi connectivity index (χ1v) is 6.02. The molecule has 2 N–H and O–H groups in total. The molecule has 0 aliphatic carbocycles. The van der Waals surface area contributed by atoms with Gasteiger partial charge < -0.3 is 15.2 Å². The van der Waals surface area contributed by atoms with Crippen LogP contribution in [0.3, 0.4) is 0 Å². The molecule has 0 atom stereocenters. The van der Waals surface area contributed by atoms with Crippen molar-refractivity contribution in [1.29, 1.82) is 0 Å². The number of carboxylic acid groups (broad SMARTS) is 1. The monoisotopic (exact) mass is 291 g/mol. The molecule has 4 nitrogen and oxygen atoms in total. The van der Waals surface area contributed by atoms with Crippen molar-refractivity contribution in [3.05, 3.63) is 29.3 Å². The molecule has 0 heterocycles. The van der Waals surface area contributed by atoms with Gasteiger partial charge in [-0.2, -0.15) is 13.2 Å². The third-order valence-electron chi connectivity index (χ3n) is 2.44. The second-order valence-corrected chi connectivity index (χ2v) is 4.41. The van der Waals surface area contributed by atoms with Gasteiger partial charge in [0.15, 0.2) is 0 Å². The second-order valence-electron chi connectivity index (χ2n) is 4.41. The summed E-state index contributed by atoms with van der Waals surface area (Å²) in [5.74, 6) is -1.61. The highest BCUT2D eigenvalue weighted by Crippen LogP contribution is 2.33. The van der Waals surface area contributed by atoms with E-state index in [0.29, 0.717) is 18.8 Å². The Morgan fingerprint density at radius 2 is 2.05 bits per heavy atom. The molecule has 0 aromatic heterocycles. The zero-order valence-electron chi connectivity index (χ0n) is 11.1. The predicted octanol–water partition coefficient (Wildman–Crippen LogP) is 3.24. The number of alkyl halides is 3. The Bertz CT molecular complexity index is 472. The van der Waals surface area contributed by atoms with Gasteiger partial charge in [-0.15, -0.1) is 0 Å². The Morgan fingerprint density at radius 1 is 1.40 bits per heavy atom. The van der Waals surface area contributed by atoms with E-state index in [0.717, 1.165) is 12.1 Å². The van der Waals surface area contributed by atoms with Crippen molar-refractivity contribution in [2.24, 2.45) is 0 Å². The molecule has 0 saturated carbocycles. The molecule has 1 aromatic carbocycles. The quantitative estimate of drug-likeness (QED) is 0.790. The van der Waals surface area contributed by atoms with Gasteiger partial charge in [0.25, 0.3) is 0 Å². The van der Waals surface area contributed by atoms with Crippen molar-refractivity contribution in [2.45, 2.75) is 26.1 Å². The number of nitrogens with one attached hydrogen (secondary N) is 1. The Kier molecular flexibility index (Phi) is 5.38. The zero-order chi connectivity index (χ0) is 15.3. The third kappa shape index (κ3) is 4.73. The lowest BCUT2D eigenvalue weighted by molar-refractivity contribution is -0.138. The van der Waals surface area contributed by atoms with Gasteiger partial charge in [0.1, 0.15) is 0 Å². The Labute approximate surface area is 114 Å². The van der Waals surface area contributed by atoms with Crippen molar-refractivity contribution < 1.29 is 27.8 Å². The number of halogens is 3. The zero-order valence-corrected chi connectivity index (χ0v) is 11.1. The standard InChI is InChI=1S/C13H16F3NO3/c1-8(2)20-6-5-17-9-3-4-11(13(14,15)16)10(7-9)12(18)19/h3-4,7-8,17H,5-6H2,1-2H3,(H,18,19). The molecule has 0 amide bonds. The smallest absolute Gasteiger partial charge is 0.417 e. The highest BCUT2D eigenvalue weighted by Gasteiger charge is 2.35. The lowest BCUT2D eigenvalue weighted by Crippen LogP contribution is -2.15. The van der Waals surface area contributed by atoms with E-state index in [1.807, 2.05) is 13.8 Å². The van der Waals surface area contributed by atoms with Gasteiger partial charge in [-0.1, -0.05) is 0 Å². The van der Waals surface area contributed by atoms with Crippen LogP contribution in [-0.4, -0.2) is 30.3 Å². The maximum Gasteiger partial charge on any atom is 0.417 e. The van der Waals surface area contributed by atoms with E-state index in [4.69, 9.17) is 9.84 Å². The Hall–Kier alpha value is -1.76. The number of anilines is 1. The first-order chi connectivity index (χ1) is 9.21. The van der Waals surface area contributed by atoms with Crippen molar-refractivity contribution in [2.75, 3.05) is 18.5 Å². The van der Waals surface area contributed by atoms with Crippen LogP contribution in [0, 0.1) is 0 Å². The number of benzene rings is 1. The number of hydrogen-bond donors (Lipinski definition) is 2. The molecule has 0 fully saturated rings. The fraction of sp³-hybridized carbons (Fsp3) is 0.462. The molecule has 1 rings (SSSR count). The minimum absolute atomic E-state index is 0.0546. The fourth-order valence-corrected chi connectivity index (χ4v) is 1.57. The number of carboxylic acids is 1. The second kappa shape index (κ2) is 6.60. The lowest BCUT2D eigenvalue weighted by atomic mass is 10.1. The molecule has 0 aliphatic heterocycles. The molecule has 20 heavy (non-hydrogen) atoms. The molecule has 7 heteroatoms. The van der Waals surface area contributed by atoms with Gasteiger partial charge in [0.05, 0.1) is 23.8 Å². The normalized spacial score (nSPS) is 11.7. The molecule has 0 bridgehead atoms. The van der Waals surface area contributed by atoms with Gasteiger partial charge >= 0.3 is 12.1 Å². The van der Waals surface area contributed by atoms with Crippen LogP contribution in [0.15, 0.2) is 18.2 Å². The fourth-order valence-electron chi connectivity index (χ4n) is 1.57. The summed E-state index contributed by atoms with van der Waals surface area (Å²) >= 11 is 0. The van der Waals surface area contributed by atoms with Gasteiger partial charge in [0.2, 0.25) is 0 Å². The van der Waals surface area contributed by atoms with E-state index >= 15 is 0 Å². The molecular weight excluding hydrogens is 275 g/mol. The van der Waals surface area contributed by atoms with Crippen LogP contribution in [0.1, 0.15) is 29.8 Å². The summed E-state index contributed by atoms with van der Waals surface area (Å²) in [5.41, 5.74) is -1.62. The maximum absolute atomic E-state index is 12.6. The largest absolute Gasteiger partial charge is 0.478 e. The summed E-state index contributed by atoms with van der Waals surface area (Å²) in [6.07, 6.45) is -4.63. The molecule has 0 saturated heterocycles. The summed E-state index contributed by atoms with van der Waals surface area (Å²) in [6, 6.07) is 2.93. The Balaban J connectivity index is 2.81. The highest BCUT2D eigenvalue weighted by atomic mass is 19.4. The van der Waals surface area contributed by atoms with E-state index in [-0.39, 0.29) is 6.10 Å². The van der Waals surface area contributed by atoms with Crippen LogP contribution in [0.4, 0.5) is 18.9 Å². The average Bonchev–Trinajstić information content (AvgIpc) is 2.33. The third-order valence-corrected chi connectivity index (χ3v) is 2.44. The van der Waals surface area contributed by atoms with Crippen molar-refractivity contribution in [3.8, 4) is 0 Å². The molecule has 0 radical (unpaired) electrons. The van der Waals surface area contributed by atoms with Crippen LogP contribution in [0.2, 0.25) is 0 Å². The molecule has 0 unspecified atom stereocenters. The van der Waals surface area contributed by atoms with Gasteiger partial charge in [-0.05, 0) is 32.0 Å². The predicted molar refractivity (Wildman–Crippen MR) is 68.0 cm³/mol. The summed E-state index contributed by atoms with van der Waals surface area (Å²) in [5, 5.41) is 11.7. The van der Waals surface area contributed by atoms with E-state index in [9.17, 15) is 18.0 Å². The van der Waals surface area contributed by atoms with Crippen LogP contribution in [-0.2, 0) is 10.9 Å². The number of carbonyl (C=O) groups is 1. The molecular formula is C13H16F3NO3. The number of rotatable bonds is 6. The van der Waals surface area contributed by atoms with Crippen molar-refractivity contribution >= 4 is 11.7 Å². The SMILES string of the molecule is CC(C)OCCNc1ccc(C(F)(F)F)c(C(=O)O)c1. The number of aromatic carboxylic acids is 1. The average molecular weight is 291 g/mol. The maximum atomic E-state index is 12.6. The topological polar surface area (TPSA) is 58.6 Å². The van der Waals surface area contributed by atoms with Gasteiger partial charge in [-0.25, -0.2) is 4.79 Å².